The smallest absolute Gasteiger partial charge is 0.253 e. The fourth-order valence-electron chi connectivity index (χ4n) is 3.09. The Morgan fingerprint density at radius 3 is 2.44 bits per heavy atom. The Bertz CT molecular complexity index is 710. The Morgan fingerprint density at radius 1 is 1.00 bits per heavy atom. The molecule has 0 N–H and O–H groups in total. The van der Waals surface area contributed by atoms with Gasteiger partial charge in [0.25, 0.3) is 5.91 Å². The van der Waals surface area contributed by atoms with E-state index in [1.165, 1.54) is 4.88 Å². The van der Waals surface area contributed by atoms with E-state index in [9.17, 15) is 9.59 Å². The summed E-state index contributed by atoms with van der Waals surface area (Å²) >= 11 is 1.69. The van der Waals surface area contributed by atoms with Gasteiger partial charge in [-0.3, -0.25) is 9.59 Å². The van der Waals surface area contributed by atoms with E-state index >= 15 is 0 Å². The van der Waals surface area contributed by atoms with E-state index in [2.05, 4.69) is 6.07 Å². The average molecular weight is 356 g/mol. The van der Waals surface area contributed by atoms with Crippen molar-refractivity contribution < 1.29 is 9.59 Å². The SMILES string of the molecule is Cc1ccc(C(=O)N2CCCN(C(=O)CCc3cccs3)CC2)cc1. The van der Waals surface area contributed by atoms with Crippen LogP contribution in [0.2, 0.25) is 0 Å². The van der Waals surface area contributed by atoms with E-state index in [0.29, 0.717) is 26.1 Å². The van der Waals surface area contributed by atoms with Crippen LogP contribution in [0.5, 0.6) is 0 Å². The number of thiophene rings is 1. The normalized spacial score (nSPS) is 15.1. The molecule has 0 radical (unpaired) electrons. The minimum atomic E-state index is 0.0629. The topological polar surface area (TPSA) is 40.6 Å². The predicted octanol–water partition coefficient (Wildman–Crippen LogP) is 3.36. The van der Waals surface area contributed by atoms with Gasteiger partial charge in [-0.2, -0.15) is 0 Å². The summed E-state index contributed by atoms with van der Waals surface area (Å²) in [5.41, 5.74) is 1.87. The molecule has 1 fully saturated rings. The van der Waals surface area contributed by atoms with Crippen LogP contribution >= 0.6 is 11.3 Å². The van der Waals surface area contributed by atoms with Crippen molar-refractivity contribution >= 4 is 23.2 Å². The Balaban J connectivity index is 1.53. The molecule has 4 nitrogen and oxygen atoms in total. The molecule has 2 amide bonds. The van der Waals surface area contributed by atoms with Gasteiger partial charge in [0.15, 0.2) is 0 Å². The second-order valence-corrected chi connectivity index (χ2v) is 7.50. The van der Waals surface area contributed by atoms with Gasteiger partial charge in [0, 0.05) is 43.0 Å². The molecule has 0 aliphatic carbocycles. The molecule has 1 aliphatic heterocycles. The standard InChI is InChI=1S/C20H24N2O2S/c1-16-5-7-17(8-6-16)20(24)22-12-3-11-21(13-14-22)19(23)10-9-18-4-2-15-25-18/h2,4-8,15H,3,9-14H2,1H3. The molecule has 1 aliphatic rings. The minimum Gasteiger partial charge on any atom is -0.341 e. The summed E-state index contributed by atoms with van der Waals surface area (Å²) < 4.78 is 0. The maximum Gasteiger partial charge on any atom is 0.253 e. The Kier molecular flexibility index (Phi) is 5.87. The van der Waals surface area contributed by atoms with Crippen LogP contribution in [-0.4, -0.2) is 47.8 Å². The third-order valence-corrected chi connectivity index (χ3v) is 5.54. The highest BCUT2D eigenvalue weighted by molar-refractivity contribution is 7.09. The number of aryl methyl sites for hydroxylation is 2. The summed E-state index contributed by atoms with van der Waals surface area (Å²) in [5, 5.41) is 2.04. The number of carbonyl (C=O) groups excluding carboxylic acids is 2. The van der Waals surface area contributed by atoms with E-state index < -0.39 is 0 Å². The lowest BCUT2D eigenvalue weighted by molar-refractivity contribution is -0.131. The second-order valence-electron chi connectivity index (χ2n) is 6.47. The zero-order valence-electron chi connectivity index (χ0n) is 14.6. The molecule has 0 spiro atoms. The summed E-state index contributed by atoms with van der Waals surface area (Å²) in [6, 6.07) is 11.8. The van der Waals surface area contributed by atoms with Crippen LogP contribution in [0.25, 0.3) is 0 Å². The summed E-state index contributed by atoms with van der Waals surface area (Å²) in [4.78, 5) is 30.1. The fourth-order valence-corrected chi connectivity index (χ4v) is 3.80. The largest absolute Gasteiger partial charge is 0.341 e. The maximum absolute atomic E-state index is 12.6. The van der Waals surface area contributed by atoms with Crippen molar-refractivity contribution in [3.63, 3.8) is 0 Å². The Hall–Kier alpha value is -2.14. The van der Waals surface area contributed by atoms with Crippen molar-refractivity contribution in [2.45, 2.75) is 26.2 Å². The van der Waals surface area contributed by atoms with Gasteiger partial charge in [0.05, 0.1) is 0 Å². The van der Waals surface area contributed by atoms with Crippen LogP contribution in [0.15, 0.2) is 41.8 Å². The minimum absolute atomic E-state index is 0.0629. The Labute approximate surface area is 153 Å². The van der Waals surface area contributed by atoms with Crippen molar-refractivity contribution in [1.82, 2.24) is 9.80 Å². The summed E-state index contributed by atoms with van der Waals surface area (Å²) in [6.07, 6.45) is 2.19. The van der Waals surface area contributed by atoms with Crippen LogP contribution in [0, 0.1) is 6.92 Å². The van der Waals surface area contributed by atoms with Gasteiger partial charge in [-0.05, 0) is 43.3 Å². The van der Waals surface area contributed by atoms with Crippen LogP contribution in [0.3, 0.4) is 0 Å². The molecule has 2 heterocycles. The summed E-state index contributed by atoms with van der Waals surface area (Å²) in [7, 11) is 0. The first-order valence-corrected chi connectivity index (χ1v) is 9.67. The number of carbonyl (C=O) groups is 2. The average Bonchev–Trinajstić information content (AvgIpc) is 3.02. The highest BCUT2D eigenvalue weighted by Crippen LogP contribution is 2.14. The van der Waals surface area contributed by atoms with Crippen molar-refractivity contribution in [3.05, 3.63) is 57.8 Å². The maximum atomic E-state index is 12.6. The fraction of sp³-hybridized carbons (Fsp3) is 0.400. The molecule has 0 atom stereocenters. The summed E-state index contributed by atoms with van der Waals surface area (Å²) in [5.74, 6) is 0.255. The number of nitrogens with zero attached hydrogens (tertiary/aromatic N) is 2. The van der Waals surface area contributed by atoms with Gasteiger partial charge in [0.2, 0.25) is 5.91 Å². The molecular formula is C20H24N2O2S. The molecule has 1 aromatic carbocycles. The molecule has 3 rings (SSSR count). The molecule has 0 bridgehead atoms. The van der Waals surface area contributed by atoms with Gasteiger partial charge in [-0.25, -0.2) is 0 Å². The second kappa shape index (κ2) is 8.30. The molecule has 5 heteroatoms. The first-order valence-electron chi connectivity index (χ1n) is 8.79. The molecule has 1 saturated heterocycles. The van der Waals surface area contributed by atoms with E-state index in [0.717, 1.165) is 30.5 Å². The molecular weight excluding hydrogens is 332 g/mol. The van der Waals surface area contributed by atoms with E-state index in [1.54, 1.807) is 11.3 Å². The lowest BCUT2D eigenvalue weighted by atomic mass is 10.1. The quantitative estimate of drug-likeness (QED) is 0.843. The highest BCUT2D eigenvalue weighted by Gasteiger charge is 2.22. The lowest BCUT2D eigenvalue weighted by Gasteiger charge is -2.22. The van der Waals surface area contributed by atoms with Crippen LogP contribution in [-0.2, 0) is 11.2 Å². The predicted molar refractivity (Wildman–Crippen MR) is 101 cm³/mol. The van der Waals surface area contributed by atoms with Gasteiger partial charge < -0.3 is 9.80 Å². The van der Waals surface area contributed by atoms with Gasteiger partial charge in [-0.15, -0.1) is 11.3 Å². The van der Waals surface area contributed by atoms with Crippen molar-refractivity contribution in [1.29, 1.82) is 0 Å². The number of amides is 2. The molecule has 0 saturated carbocycles. The molecule has 132 valence electrons. The highest BCUT2D eigenvalue weighted by atomic mass is 32.1. The first kappa shape index (κ1) is 17.7. The van der Waals surface area contributed by atoms with Gasteiger partial charge in [-0.1, -0.05) is 23.8 Å². The molecule has 25 heavy (non-hydrogen) atoms. The monoisotopic (exact) mass is 356 g/mol. The number of benzene rings is 1. The van der Waals surface area contributed by atoms with E-state index in [1.807, 2.05) is 52.4 Å². The van der Waals surface area contributed by atoms with Crippen LogP contribution in [0.1, 0.15) is 33.6 Å². The van der Waals surface area contributed by atoms with Crippen molar-refractivity contribution in [2.75, 3.05) is 26.2 Å². The number of rotatable bonds is 4. The van der Waals surface area contributed by atoms with Crippen LogP contribution < -0.4 is 0 Å². The first-order chi connectivity index (χ1) is 12.1. The third-order valence-electron chi connectivity index (χ3n) is 4.60. The Morgan fingerprint density at radius 2 is 1.72 bits per heavy atom. The lowest BCUT2D eigenvalue weighted by Crippen LogP contribution is -2.37. The van der Waals surface area contributed by atoms with Gasteiger partial charge in [0.1, 0.15) is 0 Å². The zero-order valence-corrected chi connectivity index (χ0v) is 15.4. The van der Waals surface area contributed by atoms with Gasteiger partial charge >= 0.3 is 0 Å². The summed E-state index contributed by atoms with van der Waals surface area (Å²) in [6.45, 7) is 4.70. The number of hydrogen-bond donors (Lipinski definition) is 0. The van der Waals surface area contributed by atoms with E-state index in [-0.39, 0.29) is 11.8 Å². The molecule has 2 aromatic rings. The van der Waals surface area contributed by atoms with Crippen molar-refractivity contribution in [2.24, 2.45) is 0 Å². The van der Waals surface area contributed by atoms with Crippen molar-refractivity contribution in [3.8, 4) is 0 Å². The molecule has 1 aromatic heterocycles. The zero-order chi connectivity index (χ0) is 17.6. The number of hydrogen-bond acceptors (Lipinski definition) is 3. The third kappa shape index (κ3) is 4.69. The van der Waals surface area contributed by atoms with E-state index in [4.69, 9.17) is 0 Å². The van der Waals surface area contributed by atoms with Crippen LogP contribution in [0.4, 0.5) is 0 Å². The molecule has 0 unspecified atom stereocenters.